The number of carbonyl (C=O) groups is 1. The lowest BCUT2D eigenvalue weighted by Crippen LogP contribution is -2.39. The van der Waals surface area contributed by atoms with Crippen LogP contribution in [0.25, 0.3) is 0 Å². The maximum atomic E-state index is 13.7. The second-order valence-corrected chi connectivity index (χ2v) is 12.0. The molecular formula is C30H37N7O3. The number of fused-ring (bicyclic) bond motifs is 7. The van der Waals surface area contributed by atoms with Crippen LogP contribution in [0.3, 0.4) is 0 Å². The molecule has 4 heterocycles. The standard InChI is InChI=1S/C30H37N7O3/c1-17-10-20-11-26(32-17)24-15-31-36(2)29(24)40-9-3-4-19(18-5-6-18)16-37-27-14-21(33-22-12-23(38)13-22)7-8-25(27)34-30(37)35-28(20)39/h7-8,10,14-15,18-20,22-23,33,38H,3-6,9,11-13,16H2,1-2H3,(H,34,35,39)/t19-,20?,22-,23+/m1/s1. The molecular weight excluding hydrogens is 506 g/mol. The number of hydrogen-bond acceptors (Lipinski definition) is 8. The Bertz CT molecular complexity index is 1420. The Morgan fingerprint density at radius 1 is 1.15 bits per heavy atom. The first kappa shape index (κ1) is 25.3. The smallest absolute Gasteiger partial charge is 0.256 e. The number of aliphatic hydroxyl groups is 1. The molecule has 1 aromatic carbocycles. The number of benzene rings is 1. The van der Waals surface area contributed by atoms with E-state index in [1.165, 1.54) is 12.8 Å². The van der Waals surface area contributed by atoms with E-state index in [0.29, 0.717) is 36.7 Å². The molecule has 0 spiro atoms. The van der Waals surface area contributed by atoms with Crippen LogP contribution in [0.15, 0.2) is 46.2 Å². The van der Waals surface area contributed by atoms with Crippen molar-refractivity contribution in [1.82, 2.24) is 9.78 Å². The van der Waals surface area contributed by atoms with Crippen LogP contribution < -0.4 is 20.3 Å². The first-order chi connectivity index (χ1) is 19.4. The summed E-state index contributed by atoms with van der Waals surface area (Å²) in [6.07, 6.45) is 9.95. The Balaban J connectivity index is 1.23. The third-order valence-corrected chi connectivity index (χ3v) is 8.83. The SMILES string of the molecule is CC1=CC2CC(=N1)c1cnn(C)c1OCCC[C@@H](C1CC1)CN1/C(=N/C2=O)Nc2ccc(N[C@H]3C[C@@H](O)C3)cc21. The van der Waals surface area contributed by atoms with Gasteiger partial charge in [0.25, 0.3) is 5.91 Å². The minimum atomic E-state index is -0.410. The van der Waals surface area contributed by atoms with Crippen LogP contribution in [0.5, 0.6) is 5.88 Å². The van der Waals surface area contributed by atoms with Crippen molar-refractivity contribution in [3.63, 3.8) is 0 Å². The molecule has 7 rings (SSSR count). The summed E-state index contributed by atoms with van der Waals surface area (Å²) in [7, 11) is 1.88. The van der Waals surface area contributed by atoms with Crippen LogP contribution in [0, 0.1) is 17.8 Å². The van der Waals surface area contributed by atoms with Crippen molar-refractivity contribution in [2.75, 3.05) is 28.7 Å². The van der Waals surface area contributed by atoms with Crippen molar-refractivity contribution in [3.8, 4) is 5.88 Å². The normalized spacial score (nSPS) is 29.5. The summed E-state index contributed by atoms with van der Waals surface area (Å²) in [4.78, 5) is 25.4. The van der Waals surface area contributed by atoms with Crippen LogP contribution in [-0.4, -0.2) is 57.8 Å². The van der Waals surface area contributed by atoms with Crippen LogP contribution >= 0.6 is 0 Å². The molecule has 2 aliphatic carbocycles. The minimum Gasteiger partial charge on any atom is -0.477 e. The van der Waals surface area contributed by atoms with Gasteiger partial charge in [-0.25, -0.2) is 4.68 Å². The quantitative estimate of drug-likeness (QED) is 0.534. The maximum absolute atomic E-state index is 13.7. The van der Waals surface area contributed by atoms with E-state index in [1.807, 2.05) is 20.0 Å². The summed E-state index contributed by atoms with van der Waals surface area (Å²) >= 11 is 0. The summed E-state index contributed by atoms with van der Waals surface area (Å²) in [5.41, 5.74) is 5.48. The van der Waals surface area contributed by atoms with Gasteiger partial charge in [-0.15, -0.1) is 0 Å². The molecule has 5 aliphatic rings. The van der Waals surface area contributed by atoms with Crippen LogP contribution in [-0.2, 0) is 11.8 Å². The molecule has 10 heteroatoms. The number of aryl methyl sites for hydroxylation is 1. The van der Waals surface area contributed by atoms with Crippen LogP contribution in [0.1, 0.15) is 57.4 Å². The highest BCUT2D eigenvalue weighted by atomic mass is 16.5. The van der Waals surface area contributed by atoms with Crippen molar-refractivity contribution >= 4 is 34.6 Å². The Morgan fingerprint density at radius 3 is 2.80 bits per heavy atom. The monoisotopic (exact) mass is 543 g/mol. The number of amides is 1. The average Bonchev–Trinajstić information content (AvgIpc) is 3.62. The van der Waals surface area contributed by atoms with E-state index in [1.54, 1.807) is 10.9 Å². The van der Waals surface area contributed by atoms with E-state index in [9.17, 15) is 9.90 Å². The van der Waals surface area contributed by atoms with Crippen molar-refractivity contribution in [2.24, 2.45) is 34.8 Å². The molecule has 2 saturated carbocycles. The summed E-state index contributed by atoms with van der Waals surface area (Å²) in [5, 5.41) is 21.2. The van der Waals surface area contributed by atoms with Gasteiger partial charge < -0.3 is 25.4 Å². The topological polar surface area (TPSA) is 116 Å². The number of rotatable bonds is 3. The number of hydrogen-bond donors (Lipinski definition) is 3. The number of nitrogens with one attached hydrogen (secondary N) is 2. The second kappa shape index (κ2) is 10.1. The fraction of sp³-hybridized carbons (Fsp3) is 0.533. The van der Waals surface area contributed by atoms with Gasteiger partial charge in [0.15, 0.2) is 0 Å². The molecule has 2 aromatic rings. The number of aliphatic hydroxyl groups excluding tert-OH is 1. The van der Waals surface area contributed by atoms with Crippen molar-refractivity contribution < 1.29 is 14.6 Å². The lowest BCUT2D eigenvalue weighted by molar-refractivity contribution is -0.120. The number of nitrogens with zero attached hydrogens (tertiary/aromatic N) is 5. The van der Waals surface area contributed by atoms with E-state index in [4.69, 9.17) is 14.7 Å². The van der Waals surface area contributed by atoms with Gasteiger partial charge in [-0.3, -0.25) is 9.79 Å². The molecule has 2 atom stereocenters. The van der Waals surface area contributed by atoms with Crippen LogP contribution in [0.2, 0.25) is 0 Å². The highest BCUT2D eigenvalue weighted by Crippen LogP contribution is 2.43. The Hall–Kier alpha value is -3.66. The van der Waals surface area contributed by atoms with Gasteiger partial charge in [-0.05, 0) is 75.5 Å². The number of aromatic nitrogens is 2. The number of allylic oxidation sites excluding steroid dienone is 1. The lowest BCUT2D eigenvalue weighted by atomic mass is 9.89. The highest BCUT2D eigenvalue weighted by Gasteiger charge is 2.37. The fourth-order valence-corrected chi connectivity index (χ4v) is 6.43. The van der Waals surface area contributed by atoms with Gasteiger partial charge in [-0.2, -0.15) is 10.1 Å². The summed E-state index contributed by atoms with van der Waals surface area (Å²) in [5.74, 6) is 1.87. The molecule has 1 unspecified atom stereocenters. The lowest BCUT2D eigenvalue weighted by Gasteiger charge is -2.33. The van der Waals surface area contributed by atoms with E-state index >= 15 is 0 Å². The van der Waals surface area contributed by atoms with Crippen LogP contribution in [0.4, 0.5) is 17.1 Å². The molecule has 2 fully saturated rings. The third kappa shape index (κ3) is 4.89. The molecule has 210 valence electrons. The van der Waals surface area contributed by atoms with Gasteiger partial charge in [0.2, 0.25) is 11.8 Å². The van der Waals surface area contributed by atoms with Gasteiger partial charge in [0.1, 0.15) is 0 Å². The average molecular weight is 544 g/mol. The van der Waals surface area contributed by atoms with Gasteiger partial charge in [-0.1, -0.05) is 6.08 Å². The first-order valence-corrected chi connectivity index (χ1v) is 14.6. The fourth-order valence-electron chi connectivity index (χ4n) is 6.43. The zero-order chi connectivity index (χ0) is 27.4. The van der Waals surface area contributed by atoms with Gasteiger partial charge in [0.05, 0.1) is 47.5 Å². The summed E-state index contributed by atoms with van der Waals surface area (Å²) in [6, 6.07) is 6.56. The third-order valence-electron chi connectivity index (χ3n) is 8.83. The highest BCUT2D eigenvalue weighted by molar-refractivity contribution is 6.18. The number of ether oxygens (including phenoxy) is 1. The summed E-state index contributed by atoms with van der Waals surface area (Å²) < 4.78 is 8.05. The maximum Gasteiger partial charge on any atom is 0.256 e. The number of anilines is 3. The first-order valence-electron chi connectivity index (χ1n) is 14.6. The summed E-state index contributed by atoms with van der Waals surface area (Å²) in [6.45, 7) is 3.33. The molecule has 0 saturated heterocycles. The Morgan fingerprint density at radius 2 is 2.00 bits per heavy atom. The van der Waals surface area contributed by atoms with E-state index in [0.717, 1.165) is 66.3 Å². The Kier molecular flexibility index (Phi) is 6.37. The molecule has 10 nitrogen and oxygen atoms in total. The van der Waals surface area contributed by atoms with E-state index in [2.05, 4.69) is 38.8 Å². The molecule has 1 amide bonds. The molecule has 3 N–H and O–H groups in total. The van der Waals surface area contributed by atoms with E-state index < -0.39 is 5.92 Å². The zero-order valence-electron chi connectivity index (χ0n) is 23.1. The molecule has 0 radical (unpaired) electrons. The van der Waals surface area contributed by atoms with E-state index in [-0.39, 0.29) is 18.1 Å². The largest absolute Gasteiger partial charge is 0.477 e. The predicted molar refractivity (Wildman–Crippen MR) is 155 cm³/mol. The zero-order valence-corrected chi connectivity index (χ0v) is 23.1. The molecule has 1 aromatic heterocycles. The minimum absolute atomic E-state index is 0.182. The molecule has 2 bridgehead atoms. The second-order valence-electron chi connectivity index (χ2n) is 12.0. The molecule has 40 heavy (non-hydrogen) atoms. The number of aliphatic imine (C=N–C) groups is 2. The van der Waals surface area contributed by atoms with Crippen molar-refractivity contribution in [1.29, 1.82) is 0 Å². The van der Waals surface area contributed by atoms with Gasteiger partial charge in [0, 0.05) is 37.4 Å². The number of carbonyl (C=O) groups excluding carboxylic acids is 1. The number of guanidine groups is 1. The molecule has 3 aliphatic heterocycles. The predicted octanol–water partition coefficient (Wildman–Crippen LogP) is 4.08. The van der Waals surface area contributed by atoms with Crippen molar-refractivity contribution in [2.45, 2.75) is 64.0 Å². The van der Waals surface area contributed by atoms with Gasteiger partial charge >= 0.3 is 0 Å². The Labute approximate surface area is 234 Å². The van der Waals surface area contributed by atoms with Crippen molar-refractivity contribution in [3.05, 3.63) is 41.7 Å².